The first kappa shape index (κ1) is 24.6. The number of aromatic nitrogens is 1. The van der Waals surface area contributed by atoms with Gasteiger partial charge in [0.1, 0.15) is 22.6 Å². The molecule has 2 amide bonds. The Hall–Kier alpha value is -3.08. The number of oxime groups is 1. The smallest absolute Gasteiger partial charge is 0.392 e. The van der Waals surface area contributed by atoms with Gasteiger partial charge in [0, 0.05) is 36.4 Å². The Bertz CT molecular complexity index is 1300. The number of piperidine rings is 1. The number of hydrogen-bond acceptors (Lipinski definition) is 8. The van der Waals surface area contributed by atoms with Gasteiger partial charge in [-0.15, -0.1) is 11.3 Å². The molecule has 2 aliphatic heterocycles. The normalized spacial score (nSPS) is 16.5. The number of carbonyl (C=O) groups is 2. The minimum absolute atomic E-state index is 0.224. The maximum absolute atomic E-state index is 13.5. The van der Waals surface area contributed by atoms with Gasteiger partial charge in [0.15, 0.2) is 0 Å². The maximum Gasteiger partial charge on any atom is 0.414 e. The lowest BCUT2D eigenvalue weighted by Gasteiger charge is -2.36. The number of thiophene rings is 1. The Kier molecular flexibility index (Phi) is 6.92. The molecule has 0 aliphatic carbocycles. The molecular formula is C24H22Cl2N4O5S. The van der Waals surface area contributed by atoms with Crippen LogP contribution in [0.2, 0.25) is 10.0 Å². The van der Waals surface area contributed by atoms with Gasteiger partial charge in [0.25, 0.3) is 5.91 Å². The van der Waals surface area contributed by atoms with Crippen LogP contribution >= 0.6 is 34.5 Å². The van der Waals surface area contributed by atoms with E-state index >= 15 is 0 Å². The van der Waals surface area contributed by atoms with Crippen molar-refractivity contribution < 1.29 is 23.7 Å². The van der Waals surface area contributed by atoms with E-state index in [9.17, 15) is 9.59 Å². The average molecular weight is 549 g/mol. The number of carbonyl (C=O) groups excluding carboxylic acids is 2. The van der Waals surface area contributed by atoms with Crippen molar-refractivity contribution in [3.05, 3.63) is 62.0 Å². The van der Waals surface area contributed by atoms with Crippen molar-refractivity contribution in [1.29, 1.82) is 0 Å². The Morgan fingerprint density at radius 2 is 1.94 bits per heavy atom. The highest BCUT2D eigenvalue weighted by Crippen LogP contribution is 2.39. The molecule has 12 heteroatoms. The molecule has 4 heterocycles. The van der Waals surface area contributed by atoms with Gasteiger partial charge in [-0.25, -0.2) is 4.79 Å². The Morgan fingerprint density at radius 1 is 1.19 bits per heavy atom. The summed E-state index contributed by atoms with van der Waals surface area (Å²) in [5, 5.41) is 13.5. The zero-order valence-corrected chi connectivity index (χ0v) is 21.6. The van der Waals surface area contributed by atoms with Crippen LogP contribution in [0.3, 0.4) is 0 Å². The van der Waals surface area contributed by atoms with Gasteiger partial charge in [-0.2, -0.15) is 0 Å². The molecule has 0 saturated carbocycles. The van der Waals surface area contributed by atoms with Gasteiger partial charge in [0.2, 0.25) is 5.90 Å². The number of likely N-dealkylation sites (tertiary alicyclic amines) is 1. The summed E-state index contributed by atoms with van der Waals surface area (Å²) < 4.78 is 10.7. The van der Waals surface area contributed by atoms with Crippen molar-refractivity contribution >= 4 is 52.4 Å². The zero-order chi connectivity index (χ0) is 25.3. The predicted molar refractivity (Wildman–Crippen MR) is 135 cm³/mol. The molecule has 1 aromatic carbocycles. The molecule has 2 aromatic heterocycles. The number of halogens is 2. The molecule has 1 spiro atoms. The summed E-state index contributed by atoms with van der Waals surface area (Å²) in [6.07, 6.45) is 0.828. The van der Waals surface area contributed by atoms with E-state index in [2.05, 4.69) is 15.6 Å². The van der Waals surface area contributed by atoms with Crippen molar-refractivity contribution in [2.24, 2.45) is 5.16 Å². The van der Waals surface area contributed by atoms with Crippen LogP contribution in [0.1, 0.15) is 40.3 Å². The molecule has 188 valence electrons. The molecule has 9 nitrogen and oxygen atoms in total. The number of amides is 2. The van der Waals surface area contributed by atoms with E-state index in [1.165, 1.54) is 0 Å². The monoisotopic (exact) mass is 548 g/mol. The summed E-state index contributed by atoms with van der Waals surface area (Å²) in [6.45, 7) is 2.91. The topological polar surface area (TPSA) is 106 Å². The number of aryl methyl sites for hydroxylation is 1. The van der Waals surface area contributed by atoms with E-state index < -0.39 is 11.7 Å². The van der Waals surface area contributed by atoms with Crippen LogP contribution in [0.25, 0.3) is 11.3 Å². The number of rotatable bonds is 4. The predicted octanol–water partition coefficient (Wildman–Crippen LogP) is 5.65. The summed E-state index contributed by atoms with van der Waals surface area (Å²) in [5.41, 5.74) is 0.494. The third-order valence-electron chi connectivity index (χ3n) is 6.25. The molecular weight excluding hydrogens is 527 g/mol. The SMILES string of the molecule is Cc1onc(-c2c(Cl)cccc2Cl)c1C(=O)N1CCC2(CC1)CC(OC(=O)NCc1cccs1)=NO2. The Morgan fingerprint density at radius 3 is 2.64 bits per heavy atom. The first-order chi connectivity index (χ1) is 17.3. The van der Waals surface area contributed by atoms with E-state index in [4.69, 9.17) is 37.3 Å². The number of benzene rings is 1. The molecule has 0 radical (unpaired) electrons. The Balaban J connectivity index is 1.20. The molecule has 3 aromatic rings. The van der Waals surface area contributed by atoms with Crippen LogP contribution < -0.4 is 5.32 Å². The van der Waals surface area contributed by atoms with E-state index in [0.717, 1.165) is 4.88 Å². The lowest BCUT2D eigenvalue weighted by Crippen LogP contribution is -2.47. The number of alkyl carbamates (subject to hydrolysis) is 1. The molecule has 1 fully saturated rings. The second-order valence-electron chi connectivity index (χ2n) is 8.61. The third-order valence-corrected chi connectivity index (χ3v) is 7.76. The molecule has 36 heavy (non-hydrogen) atoms. The zero-order valence-electron chi connectivity index (χ0n) is 19.3. The summed E-state index contributed by atoms with van der Waals surface area (Å²) in [6, 6.07) is 8.94. The standard InChI is InChI=1S/C24H22Cl2N4O5S/c1-14-19(21(29-34-14)20-16(25)5-2-6-17(20)26)22(31)30-9-7-24(8-10-30)12-18(28-35-24)33-23(32)27-13-15-4-3-11-36-15/h2-6,11H,7-10,12-13H2,1H3,(H,27,32). The summed E-state index contributed by atoms with van der Waals surface area (Å²) >= 11 is 14.3. The molecule has 2 aliphatic rings. The highest BCUT2D eigenvalue weighted by Gasteiger charge is 2.45. The van der Waals surface area contributed by atoms with Crippen molar-refractivity contribution in [3.8, 4) is 11.3 Å². The largest absolute Gasteiger partial charge is 0.414 e. The van der Waals surface area contributed by atoms with Crippen molar-refractivity contribution in [1.82, 2.24) is 15.4 Å². The fourth-order valence-corrected chi connectivity index (χ4v) is 5.54. The van der Waals surface area contributed by atoms with Gasteiger partial charge < -0.3 is 24.3 Å². The van der Waals surface area contributed by atoms with Crippen LogP contribution in [-0.2, 0) is 16.1 Å². The number of hydrogen-bond donors (Lipinski definition) is 1. The summed E-state index contributed by atoms with van der Waals surface area (Å²) in [4.78, 5) is 34.0. The molecule has 0 atom stereocenters. The molecule has 5 rings (SSSR count). The van der Waals surface area contributed by atoms with Gasteiger partial charge in [-0.3, -0.25) is 4.79 Å². The van der Waals surface area contributed by atoms with E-state index in [-0.39, 0.29) is 11.8 Å². The summed E-state index contributed by atoms with van der Waals surface area (Å²) in [7, 11) is 0. The second kappa shape index (κ2) is 10.1. The average Bonchev–Trinajstić information content (AvgIpc) is 3.59. The van der Waals surface area contributed by atoms with Crippen molar-refractivity contribution in [3.63, 3.8) is 0 Å². The van der Waals surface area contributed by atoms with E-state index in [1.54, 1.807) is 41.4 Å². The maximum atomic E-state index is 13.5. The van der Waals surface area contributed by atoms with Crippen LogP contribution in [0, 0.1) is 6.92 Å². The van der Waals surface area contributed by atoms with Gasteiger partial charge in [0.05, 0.1) is 23.0 Å². The minimum Gasteiger partial charge on any atom is -0.392 e. The number of ether oxygens (including phenoxy) is 1. The van der Waals surface area contributed by atoms with Crippen LogP contribution in [0.5, 0.6) is 0 Å². The fraction of sp³-hybridized carbons (Fsp3) is 0.333. The quantitative estimate of drug-likeness (QED) is 0.451. The van der Waals surface area contributed by atoms with Gasteiger partial charge in [-0.1, -0.05) is 45.6 Å². The first-order valence-electron chi connectivity index (χ1n) is 11.3. The number of nitrogens with one attached hydrogen (secondary N) is 1. The van der Waals surface area contributed by atoms with Crippen LogP contribution in [-0.4, -0.2) is 46.6 Å². The molecule has 1 N–H and O–H groups in total. The third kappa shape index (κ3) is 4.93. The minimum atomic E-state index is -0.612. The summed E-state index contributed by atoms with van der Waals surface area (Å²) in [5.74, 6) is 0.387. The molecule has 1 saturated heterocycles. The lowest BCUT2D eigenvalue weighted by atomic mass is 9.88. The molecule has 0 unspecified atom stereocenters. The highest BCUT2D eigenvalue weighted by atomic mass is 35.5. The first-order valence-corrected chi connectivity index (χ1v) is 12.9. The molecule has 0 bridgehead atoms. The number of nitrogens with zero attached hydrogens (tertiary/aromatic N) is 3. The Labute approximate surface area is 220 Å². The lowest BCUT2D eigenvalue weighted by molar-refractivity contribution is -0.0568. The van der Waals surface area contributed by atoms with Crippen LogP contribution in [0.15, 0.2) is 45.4 Å². The van der Waals surface area contributed by atoms with Gasteiger partial charge >= 0.3 is 6.09 Å². The highest BCUT2D eigenvalue weighted by molar-refractivity contribution is 7.09. The van der Waals surface area contributed by atoms with Gasteiger partial charge in [-0.05, 0) is 30.5 Å². The van der Waals surface area contributed by atoms with Crippen molar-refractivity contribution in [2.75, 3.05) is 13.1 Å². The van der Waals surface area contributed by atoms with E-state index in [1.807, 2.05) is 17.5 Å². The fourth-order valence-electron chi connectivity index (χ4n) is 4.32. The van der Waals surface area contributed by atoms with E-state index in [0.29, 0.717) is 71.5 Å². The second-order valence-corrected chi connectivity index (χ2v) is 10.5. The van der Waals surface area contributed by atoms with Crippen molar-refractivity contribution in [2.45, 2.75) is 38.3 Å². The van der Waals surface area contributed by atoms with Crippen LogP contribution in [0.4, 0.5) is 4.79 Å².